The van der Waals surface area contributed by atoms with Crippen LogP contribution in [0.4, 0.5) is 5.69 Å². The molecular weight excluding hydrogens is 360 g/mol. The second kappa shape index (κ2) is 7.19. The van der Waals surface area contributed by atoms with Crippen molar-refractivity contribution >= 4 is 24.0 Å². The minimum Gasteiger partial charge on any atom is -0.399 e. The summed E-state index contributed by atoms with van der Waals surface area (Å²) < 4.78 is 2.04. The van der Waals surface area contributed by atoms with Gasteiger partial charge in [0, 0.05) is 17.3 Å². The molecule has 0 saturated heterocycles. The topological polar surface area (TPSA) is 72.9 Å². The maximum atomic E-state index is 12.9. The highest BCUT2D eigenvalue weighted by Gasteiger charge is 2.33. The lowest BCUT2D eigenvalue weighted by atomic mass is 9.87. The molecule has 1 aromatic carbocycles. The van der Waals surface area contributed by atoms with Gasteiger partial charge in [-0.15, -0.1) is 12.4 Å². The summed E-state index contributed by atoms with van der Waals surface area (Å²) in [4.78, 5) is 12.9. The molecule has 1 saturated carbocycles. The maximum Gasteiger partial charge on any atom is 0.272 e. The molecule has 1 atom stereocenters. The summed E-state index contributed by atoms with van der Waals surface area (Å²) >= 11 is 0. The Balaban J connectivity index is 0.00000210. The Morgan fingerprint density at radius 3 is 2.63 bits per heavy atom. The van der Waals surface area contributed by atoms with Crippen LogP contribution in [0.3, 0.4) is 0 Å². The lowest BCUT2D eigenvalue weighted by Gasteiger charge is -2.26. The van der Waals surface area contributed by atoms with Gasteiger partial charge in [0.2, 0.25) is 0 Å². The van der Waals surface area contributed by atoms with Gasteiger partial charge in [-0.25, -0.2) is 0 Å². The zero-order valence-corrected chi connectivity index (χ0v) is 17.1. The Kier molecular flexibility index (Phi) is 5.26. The van der Waals surface area contributed by atoms with Crippen molar-refractivity contribution in [2.45, 2.75) is 70.4 Å². The smallest absolute Gasteiger partial charge is 0.272 e. The second-order valence-corrected chi connectivity index (χ2v) is 8.69. The summed E-state index contributed by atoms with van der Waals surface area (Å²) in [5, 5.41) is 7.87. The predicted octanol–water partition coefficient (Wildman–Crippen LogP) is 4.33. The van der Waals surface area contributed by atoms with Crippen molar-refractivity contribution in [3.63, 3.8) is 0 Å². The van der Waals surface area contributed by atoms with Crippen LogP contribution in [0.25, 0.3) is 0 Å². The molecule has 1 fully saturated rings. The normalized spacial score (nSPS) is 19.1. The van der Waals surface area contributed by atoms with Crippen molar-refractivity contribution in [3.8, 4) is 0 Å². The van der Waals surface area contributed by atoms with E-state index in [0.29, 0.717) is 11.6 Å². The van der Waals surface area contributed by atoms with Gasteiger partial charge >= 0.3 is 0 Å². The number of nitrogens with one attached hydrogen (secondary N) is 1. The SMILES string of the molecule is CC(C)(C)n1nc(C(=O)NC2CCCc3cc(N)ccc32)cc1C1CC1.Cl. The number of benzene rings is 1. The van der Waals surface area contributed by atoms with Crippen LogP contribution in [-0.4, -0.2) is 15.7 Å². The van der Waals surface area contributed by atoms with Crippen LogP contribution in [-0.2, 0) is 12.0 Å². The van der Waals surface area contributed by atoms with Crippen molar-refractivity contribution in [2.75, 3.05) is 5.73 Å². The summed E-state index contributed by atoms with van der Waals surface area (Å²) in [6, 6.07) is 8.04. The van der Waals surface area contributed by atoms with Crippen molar-refractivity contribution in [3.05, 3.63) is 46.8 Å². The second-order valence-electron chi connectivity index (χ2n) is 8.69. The highest BCUT2D eigenvalue weighted by Crippen LogP contribution is 2.42. The Bertz CT molecular complexity index is 848. The molecule has 1 aromatic heterocycles. The minimum absolute atomic E-state index is 0. The van der Waals surface area contributed by atoms with Crippen LogP contribution in [0.2, 0.25) is 0 Å². The van der Waals surface area contributed by atoms with Crippen LogP contribution >= 0.6 is 12.4 Å². The number of anilines is 1. The number of hydrogen-bond donors (Lipinski definition) is 2. The van der Waals surface area contributed by atoms with E-state index in [1.807, 2.05) is 22.9 Å². The first-order chi connectivity index (χ1) is 12.3. The third-order valence-corrected chi connectivity index (χ3v) is 5.39. The van der Waals surface area contributed by atoms with E-state index in [0.717, 1.165) is 24.9 Å². The number of halogens is 1. The summed E-state index contributed by atoms with van der Waals surface area (Å²) in [6.45, 7) is 6.40. The molecule has 2 aliphatic carbocycles. The fourth-order valence-electron chi connectivity index (χ4n) is 3.93. The van der Waals surface area contributed by atoms with Gasteiger partial charge in [-0.05, 0) is 82.2 Å². The van der Waals surface area contributed by atoms with Gasteiger partial charge in [0.15, 0.2) is 0 Å². The number of rotatable bonds is 3. The van der Waals surface area contributed by atoms with Crippen LogP contribution in [0.1, 0.15) is 85.7 Å². The average Bonchev–Trinajstić information content (AvgIpc) is 3.31. The van der Waals surface area contributed by atoms with Gasteiger partial charge in [-0.2, -0.15) is 5.10 Å². The van der Waals surface area contributed by atoms with Gasteiger partial charge < -0.3 is 11.1 Å². The molecule has 2 aromatic rings. The van der Waals surface area contributed by atoms with E-state index >= 15 is 0 Å². The molecule has 1 unspecified atom stereocenters. The molecule has 0 spiro atoms. The molecule has 5 nitrogen and oxygen atoms in total. The number of carbonyl (C=O) groups is 1. The van der Waals surface area contributed by atoms with Gasteiger partial charge in [-0.3, -0.25) is 9.48 Å². The van der Waals surface area contributed by atoms with Crippen molar-refractivity contribution in [1.29, 1.82) is 0 Å². The van der Waals surface area contributed by atoms with Crippen molar-refractivity contribution in [1.82, 2.24) is 15.1 Å². The van der Waals surface area contributed by atoms with Crippen LogP contribution in [0.5, 0.6) is 0 Å². The number of amides is 1. The summed E-state index contributed by atoms with van der Waals surface area (Å²) in [5.41, 5.74) is 10.7. The minimum atomic E-state index is -0.120. The molecule has 6 heteroatoms. The van der Waals surface area contributed by atoms with Gasteiger partial charge in [0.1, 0.15) is 5.69 Å². The fraction of sp³-hybridized carbons (Fsp3) is 0.524. The fourth-order valence-corrected chi connectivity index (χ4v) is 3.93. The molecule has 1 amide bonds. The average molecular weight is 389 g/mol. The Hall–Kier alpha value is -2.01. The van der Waals surface area contributed by atoms with E-state index in [-0.39, 0.29) is 29.9 Å². The Labute approximate surface area is 167 Å². The number of hydrogen-bond acceptors (Lipinski definition) is 3. The zero-order valence-electron chi connectivity index (χ0n) is 16.3. The third-order valence-electron chi connectivity index (χ3n) is 5.39. The standard InChI is InChI=1S/C21H28N4O.ClH/c1-21(2,3)25-19(13-7-8-13)12-18(24-25)20(26)23-17-6-4-5-14-11-15(22)9-10-16(14)17;/h9-13,17H,4-8,22H2,1-3H3,(H,23,26);1H. The summed E-state index contributed by atoms with van der Waals surface area (Å²) in [5.74, 6) is 0.478. The van der Waals surface area contributed by atoms with E-state index in [2.05, 4.69) is 37.3 Å². The zero-order chi connectivity index (χ0) is 18.5. The first-order valence-corrected chi connectivity index (χ1v) is 9.62. The van der Waals surface area contributed by atoms with Gasteiger partial charge in [-0.1, -0.05) is 6.07 Å². The lowest BCUT2D eigenvalue weighted by molar-refractivity contribution is 0.0926. The van der Waals surface area contributed by atoms with E-state index in [1.165, 1.54) is 29.7 Å². The highest BCUT2D eigenvalue weighted by molar-refractivity contribution is 5.92. The Morgan fingerprint density at radius 1 is 1.22 bits per heavy atom. The number of aromatic nitrogens is 2. The molecule has 1 heterocycles. The molecule has 2 aliphatic rings. The highest BCUT2D eigenvalue weighted by atomic mass is 35.5. The molecule has 0 bridgehead atoms. The number of carbonyl (C=O) groups excluding carboxylic acids is 1. The first kappa shape index (κ1) is 19.7. The van der Waals surface area contributed by atoms with Crippen molar-refractivity contribution < 1.29 is 4.79 Å². The molecule has 27 heavy (non-hydrogen) atoms. The predicted molar refractivity (Wildman–Crippen MR) is 110 cm³/mol. The largest absolute Gasteiger partial charge is 0.399 e. The number of aryl methyl sites for hydroxylation is 1. The van der Waals surface area contributed by atoms with E-state index in [9.17, 15) is 4.79 Å². The third kappa shape index (κ3) is 3.98. The molecule has 0 radical (unpaired) electrons. The van der Waals surface area contributed by atoms with Crippen LogP contribution in [0, 0.1) is 0 Å². The number of nitrogen functional groups attached to an aromatic ring is 1. The molecular formula is C21H29ClN4O. The quantitative estimate of drug-likeness (QED) is 0.768. The summed E-state index contributed by atoms with van der Waals surface area (Å²) in [7, 11) is 0. The summed E-state index contributed by atoms with van der Waals surface area (Å²) in [6.07, 6.45) is 5.43. The monoisotopic (exact) mass is 388 g/mol. The van der Waals surface area contributed by atoms with E-state index in [1.54, 1.807) is 0 Å². The molecule has 146 valence electrons. The molecule has 3 N–H and O–H groups in total. The van der Waals surface area contributed by atoms with E-state index < -0.39 is 0 Å². The van der Waals surface area contributed by atoms with Crippen LogP contribution < -0.4 is 11.1 Å². The lowest BCUT2D eigenvalue weighted by Crippen LogP contribution is -2.32. The number of nitrogens with zero attached hydrogens (tertiary/aromatic N) is 2. The first-order valence-electron chi connectivity index (χ1n) is 9.62. The Morgan fingerprint density at radius 2 is 1.96 bits per heavy atom. The van der Waals surface area contributed by atoms with Gasteiger partial charge in [0.25, 0.3) is 5.91 Å². The number of nitrogens with two attached hydrogens (primary N) is 1. The van der Waals surface area contributed by atoms with Gasteiger partial charge in [0.05, 0.1) is 11.6 Å². The van der Waals surface area contributed by atoms with E-state index in [4.69, 9.17) is 5.73 Å². The number of fused-ring (bicyclic) bond motifs is 1. The van der Waals surface area contributed by atoms with Crippen molar-refractivity contribution in [2.24, 2.45) is 0 Å². The van der Waals surface area contributed by atoms with Crippen LogP contribution in [0.15, 0.2) is 24.3 Å². The molecule has 0 aliphatic heterocycles. The maximum absolute atomic E-state index is 12.9. The molecule has 4 rings (SSSR count).